The Morgan fingerprint density at radius 3 is 2.42 bits per heavy atom. The summed E-state index contributed by atoms with van der Waals surface area (Å²) in [5.41, 5.74) is 1.71. The molecule has 10 nitrogen and oxygen atoms in total. The molecule has 10 heteroatoms. The number of nitrogens with zero attached hydrogens (tertiary/aromatic N) is 2. The quantitative estimate of drug-likeness (QED) is 0.119. The zero-order valence-electron chi connectivity index (χ0n) is 20.8. The van der Waals surface area contributed by atoms with Crippen molar-refractivity contribution < 1.29 is 28.7 Å². The van der Waals surface area contributed by atoms with Crippen LogP contribution in [0.3, 0.4) is 0 Å². The smallest absolute Gasteiger partial charge is 0.338 e. The van der Waals surface area contributed by atoms with Crippen LogP contribution in [0.25, 0.3) is 6.08 Å². The van der Waals surface area contributed by atoms with E-state index in [1.807, 2.05) is 6.07 Å². The van der Waals surface area contributed by atoms with Gasteiger partial charge in [0.25, 0.3) is 11.6 Å². The average molecular weight is 516 g/mol. The van der Waals surface area contributed by atoms with Crippen molar-refractivity contribution in [2.45, 2.75) is 20.5 Å². The molecule has 0 fully saturated rings. The Kier molecular flexibility index (Phi) is 9.54. The van der Waals surface area contributed by atoms with Crippen LogP contribution < -0.4 is 14.8 Å². The van der Waals surface area contributed by atoms with E-state index in [1.165, 1.54) is 30.3 Å². The van der Waals surface area contributed by atoms with Gasteiger partial charge in [0.05, 0.1) is 23.7 Å². The number of carbonyl (C=O) groups excluding carboxylic acids is 2. The van der Waals surface area contributed by atoms with Gasteiger partial charge in [-0.3, -0.25) is 14.9 Å². The van der Waals surface area contributed by atoms with Gasteiger partial charge in [0.1, 0.15) is 18.2 Å². The maximum atomic E-state index is 12.7. The maximum absolute atomic E-state index is 12.7. The van der Waals surface area contributed by atoms with Crippen LogP contribution in [-0.2, 0) is 16.1 Å². The first kappa shape index (κ1) is 27.4. The van der Waals surface area contributed by atoms with Crippen LogP contribution in [0.5, 0.6) is 11.5 Å². The van der Waals surface area contributed by atoms with Crippen LogP contribution in [0.15, 0.2) is 72.3 Å². The highest BCUT2D eigenvalue weighted by Gasteiger charge is 2.13. The van der Waals surface area contributed by atoms with Crippen LogP contribution in [0, 0.1) is 21.4 Å². The third-order valence-electron chi connectivity index (χ3n) is 5.11. The lowest BCUT2D eigenvalue weighted by molar-refractivity contribution is -0.384. The van der Waals surface area contributed by atoms with Gasteiger partial charge in [0.15, 0.2) is 11.5 Å². The van der Waals surface area contributed by atoms with Gasteiger partial charge in [0.2, 0.25) is 0 Å². The van der Waals surface area contributed by atoms with Gasteiger partial charge < -0.3 is 19.5 Å². The fraction of sp³-hybridized carbons (Fsp3) is 0.179. The summed E-state index contributed by atoms with van der Waals surface area (Å²) in [6.07, 6.45) is 1.41. The molecule has 0 spiro atoms. The van der Waals surface area contributed by atoms with Gasteiger partial charge >= 0.3 is 5.97 Å². The minimum atomic E-state index is -0.625. The molecule has 0 heterocycles. The number of nitro benzene ring substituents is 1. The monoisotopic (exact) mass is 515 g/mol. The summed E-state index contributed by atoms with van der Waals surface area (Å²) in [5.74, 6) is -0.301. The number of hydrogen-bond acceptors (Lipinski definition) is 8. The van der Waals surface area contributed by atoms with Crippen LogP contribution in [0.4, 0.5) is 11.4 Å². The van der Waals surface area contributed by atoms with Gasteiger partial charge in [-0.2, -0.15) is 5.26 Å². The van der Waals surface area contributed by atoms with E-state index < -0.39 is 16.8 Å². The topological polar surface area (TPSA) is 141 Å². The normalized spacial score (nSPS) is 10.7. The van der Waals surface area contributed by atoms with Crippen LogP contribution >= 0.6 is 0 Å². The molecule has 0 aliphatic carbocycles. The largest absolute Gasteiger partial charge is 0.490 e. The number of rotatable bonds is 11. The molecule has 0 aromatic heterocycles. The Labute approximate surface area is 219 Å². The summed E-state index contributed by atoms with van der Waals surface area (Å²) >= 11 is 0. The van der Waals surface area contributed by atoms with Gasteiger partial charge in [-0.05, 0) is 67.4 Å². The van der Waals surface area contributed by atoms with E-state index in [1.54, 1.807) is 56.3 Å². The molecular weight excluding hydrogens is 490 g/mol. The summed E-state index contributed by atoms with van der Waals surface area (Å²) in [5, 5.41) is 23.2. The molecule has 0 aliphatic heterocycles. The van der Waals surface area contributed by atoms with E-state index in [0.717, 1.165) is 0 Å². The minimum absolute atomic E-state index is 0.0335. The lowest BCUT2D eigenvalue weighted by Gasteiger charge is -2.13. The number of hydrogen-bond donors (Lipinski definition) is 1. The van der Waals surface area contributed by atoms with Crippen molar-refractivity contribution in [1.82, 2.24) is 0 Å². The average Bonchev–Trinajstić information content (AvgIpc) is 2.92. The molecule has 0 aliphatic rings. The number of amides is 1. The Bertz CT molecular complexity index is 1390. The number of non-ortho nitro benzene ring substituents is 1. The Morgan fingerprint density at radius 1 is 1.00 bits per heavy atom. The molecule has 38 heavy (non-hydrogen) atoms. The lowest BCUT2D eigenvalue weighted by Crippen LogP contribution is -2.13. The standard InChI is InChI=1S/C28H25N3O7/c1-3-36-26-16-19(8-13-25(26)38-18-20-6-5-7-24(15-20)31(34)35)14-22(17-29)27(32)30-23-11-9-21(10-12-23)28(33)37-4-2/h5-16H,3-4,18H2,1-2H3,(H,30,32)/b22-14+. The molecule has 1 amide bonds. The number of nitriles is 1. The predicted octanol–water partition coefficient (Wildman–Crippen LogP) is 5.29. The molecule has 0 saturated carbocycles. The molecule has 0 atom stereocenters. The molecule has 0 unspecified atom stereocenters. The van der Waals surface area contributed by atoms with Crippen LogP contribution in [-0.4, -0.2) is 30.0 Å². The number of esters is 1. The van der Waals surface area contributed by atoms with Crippen molar-refractivity contribution in [1.29, 1.82) is 5.26 Å². The SMILES string of the molecule is CCOC(=O)c1ccc(NC(=O)/C(C#N)=C/c2ccc(OCc3cccc([N+](=O)[O-])c3)c(OCC)c2)cc1. The van der Waals surface area contributed by atoms with Crippen molar-refractivity contribution >= 4 is 29.3 Å². The third kappa shape index (κ3) is 7.41. The number of ether oxygens (including phenoxy) is 3. The molecule has 0 saturated heterocycles. The second-order valence-electron chi connectivity index (χ2n) is 7.78. The molecule has 0 radical (unpaired) electrons. The van der Waals surface area contributed by atoms with E-state index in [9.17, 15) is 25.0 Å². The molecule has 3 rings (SSSR count). The molecular formula is C28H25N3O7. The molecule has 3 aromatic carbocycles. The first-order valence-electron chi connectivity index (χ1n) is 11.7. The zero-order valence-corrected chi connectivity index (χ0v) is 20.8. The van der Waals surface area contributed by atoms with E-state index in [2.05, 4.69) is 5.32 Å². The zero-order chi connectivity index (χ0) is 27.5. The summed E-state index contributed by atoms with van der Waals surface area (Å²) in [4.78, 5) is 35.0. The summed E-state index contributed by atoms with van der Waals surface area (Å²) in [6.45, 7) is 4.18. The van der Waals surface area contributed by atoms with Crippen molar-refractivity contribution in [2.24, 2.45) is 0 Å². The van der Waals surface area contributed by atoms with Crippen molar-refractivity contribution in [3.8, 4) is 17.6 Å². The van der Waals surface area contributed by atoms with Gasteiger partial charge in [-0.15, -0.1) is 0 Å². The third-order valence-corrected chi connectivity index (χ3v) is 5.11. The van der Waals surface area contributed by atoms with E-state index in [0.29, 0.717) is 40.5 Å². The van der Waals surface area contributed by atoms with Crippen molar-refractivity contribution in [3.05, 3.63) is 99.1 Å². The van der Waals surface area contributed by atoms with Gasteiger partial charge in [-0.25, -0.2) is 4.79 Å². The predicted molar refractivity (Wildman–Crippen MR) is 140 cm³/mol. The first-order chi connectivity index (χ1) is 18.3. The second kappa shape index (κ2) is 13.2. The first-order valence-corrected chi connectivity index (χ1v) is 11.7. The number of carbonyl (C=O) groups is 2. The second-order valence-corrected chi connectivity index (χ2v) is 7.78. The summed E-state index contributed by atoms with van der Waals surface area (Å²) < 4.78 is 16.4. The Balaban J connectivity index is 1.74. The maximum Gasteiger partial charge on any atom is 0.338 e. The number of anilines is 1. The minimum Gasteiger partial charge on any atom is -0.490 e. The summed E-state index contributed by atoms with van der Waals surface area (Å²) in [6, 6.07) is 19.1. The number of benzene rings is 3. The number of nitro groups is 1. The van der Waals surface area contributed by atoms with Gasteiger partial charge in [0, 0.05) is 17.8 Å². The molecule has 1 N–H and O–H groups in total. The fourth-order valence-corrected chi connectivity index (χ4v) is 3.34. The highest BCUT2D eigenvalue weighted by molar-refractivity contribution is 6.09. The Hall–Kier alpha value is -5.17. The van der Waals surface area contributed by atoms with Crippen LogP contribution in [0.1, 0.15) is 35.3 Å². The van der Waals surface area contributed by atoms with Crippen molar-refractivity contribution in [3.63, 3.8) is 0 Å². The fourth-order valence-electron chi connectivity index (χ4n) is 3.34. The highest BCUT2D eigenvalue weighted by atomic mass is 16.6. The van der Waals surface area contributed by atoms with E-state index in [-0.39, 0.29) is 24.5 Å². The lowest BCUT2D eigenvalue weighted by atomic mass is 10.1. The Morgan fingerprint density at radius 2 is 1.76 bits per heavy atom. The highest BCUT2D eigenvalue weighted by Crippen LogP contribution is 2.30. The molecule has 3 aromatic rings. The van der Waals surface area contributed by atoms with Crippen molar-refractivity contribution in [2.75, 3.05) is 18.5 Å². The van der Waals surface area contributed by atoms with E-state index in [4.69, 9.17) is 14.2 Å². The van der Waals surface area contributed by atoms with E-state index >= 15 is 0 Å². The molecule has 0 bridgehead atoms. The van der Waals surface area contributed by atoms with Gasteiger partial charge in [-0.1, -0.05) is 18.2 Å². The van der Waals surface area contributed by atoms with Crippen LogP contribution in [0.2, 0.25) is 0 Å². The summed E-state index contributed by atoms with van der Waals surface area (Å²) in [7, 11) is 0. The molecule has 194 valence electrons. The number of nitrogens with one attached hydrogen (secondary N) is 1.